The lowest BCUT2D eigenvalue weighted by atomic mass is 10.2. The molecule has 1 aliphatic heterocycles. The van der Waals surface area contributed by atoms with Gasteiger partial charge < -0.3 is 0 Å². The van der Waals surface area contributed by atoms with Crippen LogP contribution in [0.1, 0.15) is 13.8 Å². The summed E-state index contributed by atoms with van der Waals surface area (Å²) in [7, 11) is 2.30. The van der Waals surface area contributed by atoms with E-state index < -0.39 is 20.5 Å². The molecule has 1 aliphatic rings. The molecule has 1 unspecified atom stereocenters. The first-order valence-corrected chi connectivity index (χ1v) is 9.63. The Morgan fingerprint density at radius 3 is 2.52 bits per heavy atom. The van der Waals surface area contributed by atoms with Crippen LogP contribution in [0, 0.1) is 0 Å². The molecular formula is C14H17N3O3S3. The van der Waals surface area contributed by atoms with Gasteiger partial charge in [0.2, 0.25) is 11.1 Å². The topological polar surface area (TPSA) is 62.2 Å². The third-order valence-corrected chi connectivity index (χ3v) is 6.89. The Labute approximate surface area is 146 Å². The molecule has 0 aromatic heterocycles. The van der Waals surface area contributed by atoms with Crippen LogP contribution in [0.5, 0.6) is 0 Å². The van der Waals surface area contributed by atoms with Gasteiger partial charge in [0.1, 0.15) is 0 Å². The highest BCUT2D eigenvalue weighted by atomic mass is 32.8. The van der Waals surface area contributed by atoms with Crippen molar-refractivity contribution in [3.8, 4) is 0 Å². The Bertz CT molecular complexity index is 676. The predicted molar refractivity (Wildman–Crippen MR) is 95.6 cm³/mol. The summed E-state index contributed by atoms with van der Waals surface area (Å²) < 4.78 is 0.694. The summed E-state index contributed by atoms with van der Waals surface area (Å²) in [6.07, 6.45) is -0.661. The van der Waals surface area contributed by atoms with Crippen molar-refractivity contribution in [2.24, 2.45) is 5.16 Å². The zero-order chi connectivity index (χ0) is 17.2. The maximum Gasteiger partial charge on any atom is 0.446 e. The van der Waals surface area contributed by atoms with Crippen LogP contribution in [0.3, 0.4) is 0 Å². The molecule has 1 atom stereocenters. The maximum atomic E-state index is 12.1. The fourth-order valence-electron chi connectivity index (χ4n) is 1.81. The van der Waals surface area contributed by atoms with Crippen molar-refractivity contribution in [1.82, 2.24) is 9.21 Å². The van der Waals surface area contributed by atoms with Crippen molar-refractivity contribution in [3.63, 3.8) is 0 Å². The summed E-state index contributed by atoms with van der Waals surface area (Å²) in [5, 5.41) is 4.15. The van der Waals surface area contributed by atoms with Gasteiger partial charge in [-0.15, -0.1) is 0 Å². The van der Waals surface area contributed by atoms with E-state index in [1.807, 2.05) is 30.3 Å². The van der Waals surface area contributed by atoms with Crippen molar-refractivity contribution < 1.29 is 14.4 Å². The van der Waals surface area contributed by atoms with Crippen LogP contribution in [0.25, 0.3) is 0 Å². The van der Waals surface area contributed by atoms with Crippen LogP contribution < -0.4 is 0 Å². The number of oxime groups is 1. The number of hydrogen-bond acceptors (Lipinski definition) is 6. The van der Waals surface area contributed by atoms with E-state index in [2.05, 4.69) is 5.16 Å². The third kappa shape index (κ3) is 3.91. The van der Waals surface area contributed by atoms with Gasteiger partial charge in [-0.1, -0.05) is 30.0 Å². The molecule has 1 aromatic carbocycles. The second-order valence-electron chi connectivity index (χ2n) is 5.27. The number of thioether (sulfide) groups is 1. The normalized spacial score (nSPS) is 19.7. The molecule has 6 nitrogen and oxygen atoms in total. The highest BCUT2D eigenvalue weighted by molar-refractivity contribution is 8.27. The molecule has 1 fully saturated rings. The van der Waals surface area contributed by atoms with Crippen LogP contribution >= 0.6 is 11.8 Å². The summed E-state index contributed by atoms with van der Waals surface area (Å²) in [5.41, 5.74) is 0. The summed E-state index contributed by atoms with van der Waals surface area (Å²) in [6, 6.07) is 9.31. The molecular weight excluding hydrogens is 354 g/mol. The monoisotopic (exact) mass is 371 g/mol. The molecule has 0 spiro atoms. The molecule has 0 aliphatic carbocycles. The molecule has 0 N–H and O–H groups in total. The molecule has 2 rings (SSSR count). The Kier molecular flexibility index (Phi) is 5.43. The van der Waals surface area contributed by atoms with Crippen LogP contribution in [-0.2, 0) is 30.5 Å². The smallest absolute Gasteiger partial charge is 0.295 e. The summed E-state index contributed by atoms with van der Waals surface area (Å²) in [5.74, 6) is -0.0852. The van der Waals surface area contributed by atoms with E-state index in [0.29, 0.717) is 5.17 Å². The lowest BCUT2D eigenvalue weighted by Crippen LogP contribution is -2.33. The van der Waals surface area contributed by atoms with Crippen molar-refractivity contribution in [1.29, 1.82) is 0 Å². The lowest BCUT2D eigenvalue weighted by Gasteiger charge is -2.17. The molecule has 0 bridgehead atoms. The predicted octanol–water partition coefficient (Wildman–Crippen LogP) is 2.36. The SMILES string of the molecule is CN1C(=O)C(C)(C)SC1=NOC(=O)N(C)S(=S)c1ccccc1. The highest BCUT2D eigenvalue weighted by Gasteiger charge is 2.43. The van der Waals surface area contributed by atoms with E-state index in [0.717, 1.165) is 4.90 Å². The molecule has 0 saturated carbocycles. The number of rotatable bonds is 3. The average Bonchev–Trinajstić information content (AvgIpc) is 2.74. The zero-order valence-electron chi connectivity index (χ0n) is 13.2. The molecule has 23 heavy (non-hydrogen) atoms. The lowest BCUT2D eigenvalue weighted by molar-refractivity contribution is -0.127. The highest BCUT2D eigenvalue weighted by Crippen LogP contribution is 2.35. The van der Waals surface area contributed by atoms with Crippen LogP contribution in [0.2, 0.25) is 0 Å². The maximum absolute atomic E-state index is 12.1. The molecule has 2 amide bonds. The molecule has 1 saturated heterocycles. The van der Waals surface area contributed by atoms with E-state index in [1.165, 1.54) is 21.0 Å². The first-order valence-electron chi connectivity index (χ1n) is 6.71. The van der Waals surface area contributed by atoms with Crippen molar-refractivity contribution >= 4 is 49.8 Å². The quantitative estimate of drug-likeness (QED) is 0.603. The van der Waals surface area contributed by atoms with Gasteiger partial charge in [0, 0.05) is 28.6 Å². The Morgan fingerprint density at radius 1 is 1.39 bits per heavy atom. The van der Waals surface area contributed by atoms with E-state index in [-0.39, 0.29) is 5.91 Å². The number of carbonyl (C=O) groups excluding carboxylic acids is 2. The number of carbonyl (C=O) groups is 2. The van der Waals surface area contributed by atoms with Gasteiger partial charge in [0.25, 0.3) is 0 Å². The number of benzene rings is 1. The minimum atomic E-state index is -0.857. The van der Waals surface area contributed by atoms with Gasteiger partial charge in [-0.3, -0.25) is 14.5 Å². The first-order chi connectivity index (χ1) is 10.7. The van der Waals surface area contributed by atoms with Crippen molar-refractivity contribution in [2.45, 2.75) is 23.5 Å². The molecule has 124 valence electrons. The first kappa shape index (κ1) is 17.9. The summed E-state index contributed by atoms with van der Waals surface area (Å²) in [6.45, 7) is 3.59. The van der Waals surface area contributed by atoms with Crippen LogP contribution in [-0.4, -0.2) is 45.2 Å². The van der Waals surface area contributed by atoms with Crippen LogP contribution in [0.15, 0.2) is 40.4 Å². The number of nitrogens with zero attached hydrogens (tertiary/aromatic N) is 3. The fourth-order valence-corrected chi connectivity index (χ4v) is 4.18. The molecule has 9 heteroatoms. The van der Waals surface area contributed by atoms with E-state index in [1.54, 1.807) is 27.9 Å². The molecule has 0 radical (unpaired) electrons. The summed E-state index contributed by atoms with van der Waals surface area (Å²) in [4.78, 5) is 31.2. The minimum absolute atomic E-state index is 0.0852. The Balaban J connectivity index is 2.04. The van der Waals surface area contributed by atoms with Gasteiger partial charge in [0.05, 0.1) is 4.75 Å². The Hall–Kier alpha value is -1.45. The van der Waals surface area contributed by atoms with Gasteiger partial charge in [-0.25, -0.2) is 9.10 Å². The van der Waals surface area contributed by atoms with Crippen molar-refractivity contribution in [2.75, 3.05) is 14.1 Å². The molecule has 1 heterocycles. The zero-order valence-corrected chi connectivity index (χ0v) is 15.6. The van der Waals surface area contributed by atoms with Gasteiger partial charge >= 0.3 is 6.09 Å². The second-order valence-corrected chi connectivity index (χ2v) is 9.32. The minimum Gasteiger partial charge on any atom is -0.295 e. The van der Waals surface area contributed by atoms with E-state index in [4.69, 9.17) is 16.0 Å². The van der Waals surface area contributed by atoms with Gasteiger partial charge in [-0.2, -0.15) is 0 Å². The van der Waals surface area contributed by atoms with E-state index in [9.17, 15) is 9.59 Å². The van der Waals surface area contributed by atoms with Crippen LogP contribution in [0.4, 0.5) is 4.79 Å². The third-order valence-electron chi connectivity index (χ3n) is 3.11. The Morgan fingerprint density at radius 2 is 2.00 bits per heavy atom. The fraction of sp³-hybridized carbons (Fsp3) is 0.357. The number of amides is 2. The van der Waals surface area contributed by atoms with E-state index >= 15 is 0 Å². The largest absolute Gasteiger partial charge is 0.446 e. The van der Waals surface area contributed by atoms with Gasteiger partial charge in [-0.05, 0) is 42.3 Å². The average molecular weight is 372 g/mol. The summed E-state index contributed by atoms with van der Waals surface area (Å²) >= 11 is 6.61. The molecule has 1 aromatic rings. The van der Waals surface area contributed by atoms with Gasteiger partial charge in [0.15, 0.2) is 0 Å². The standard InChI is InChI=1S/C14H17N3O3S3/c1-14(2)11(18)16(3)12(22-14)15-20-13(19)17(4)23(21)10-8-6-5-7-9-10/h5-9H,1-4H3. The number of hydrogen-bond donors (Lipinski definition) is 0. The number of amidine groups is 1. The second kappa shape index (κ2) is 6.98. The van der Waals surface area contributed by atoms with Crippen molar-refractivity contribution in [3.05, 3.63) is 30.3 Å².